The summed E-state index contributed by atoms with van der Waals surface area (Å²) in [5.41, 5.74) is -2.69. The van der Waals surface area contributed by atoms with Gasteiger partial charge in [-0.1, -0.05) is 0 Å². The number of ether oxygens (including phenoxy) is 1. The summed E-state index contributed by atoms with van der Waals surface area (Å²) in [5, 5.41) is 17.2. The fraction of sp³-hybridized carbons (Fsp3) is 0.857. The molecule has 0 amide bonds. The molecule has 0 radical (unpaired) electrons. The van der Waals surface area contributed by atoms with Crippen LogP contribution in [-0.2, 0) is 9.53 Å². The van der Waals surface area contributed by atoms with Crippen molar-refractivity contribution < 1.29 is 28.5 Å². The molecule has 1 unspecified atom stereocenters. The molecule has 1 atom stereocenters. The summed E-state index contributed by atoms with van der Waals surface area (Å²) in [7, 11) is 0. The number of carboxylic acids is 1. The van der Waals surface area contributed by atoms with Crippen molar-refractivity contribution in [1.82, 2.24) is 0 Å². The van der Waals surface area contributed by atoms with Gasteiger partial charge in [0.1, 0.15) is 0 Å². The van der Waals surface area contributed by atoms with Gasteiger partial charge in [-0.3, -0.25) is 0 Å². The molecule has 0 aliphatic heterocycles. The third-order valence-corrected chi connectivity index (χ3v) is 1.53. The molecule has 0 aromatic carbocycles. The molecule has 0 spiro atoms. The highest BCUT2D eigenvalue weighted by Gasteiger charge is 2.56. The summed E-state index contributed by atoms with van der Waals surface area (Å²) in [5.74, 6) is -6.57. The van der Waals surface area contributed by atoms with Crippen LogP contribution in [0.2, 0.25) is 0 Å². The monoisotopic (exact) mass is 198 g/mol. The number of aliphatic hydroxyl groups is 1. The van der Waals surface area contributed by atoms with Gasteiger partial charge in [0.2, 0.25) is 0 Å². The van der Waals surface area contributed by atoms with Gasteiger partial charge in [-0.25, -0.2) is 4.79 Å². The van der Waals surface area contributed by atoms with Crippen molar-refractivity contribution in [3.05, 3.63) is 0 Å². The number of carboxylic acid groups (broad SMARTS) is 1. The predicted octanol–water partition coefficient (Wildman–Crippen LogP) is 0.494. The van der Waals surface area contributed by atoms with E-state index in [9.17, 15) is 13.6 Å². The molecule has 2 N–H and O–H groups in total. The number of alkyl halides is 2. The lowest BCUT2D eigenvalue weighted by Crippen LogP contribution is -2.54. The predicted molar refractivity (Wildman–Crippen MR) is 39.7 cm³/mol. The highest BCUT2D eigenvalue weighted by molar-refractivity contribution is 5.77. The molecule has 0 aromatic rings. The molecule has 0 fully saturated rings. The highest BCUT2D eigenvalue weighted by Crippen LogP contribution is 2.29. The quantitative estimate of drug-likeness (QED) is 0.674. The van der Waals surface area contributed by atoms with Crippen LogP contribution < -0.4 is 0 Å². The summed E-state index contributed by atoms with van der Waals surface area (Å²) in [6, 6.07) is 0. The van der Waals surface area contributed by atoms with Crippen LogP contribution in [0.15, 0.2) is 0 Å². The molecule has 0 saturated carbocycles. The normalized spacial score (nSPS) is 16.7. The average Bonchev–Trinajstić information content (AvgIpc) is 2.00. The molecular formula is C7H12F2O4. The second-order valence-electron chi connectivity index (χ2n) is 2.79. The number of hydrogen-bond acceptors (Lipinski definition) is 3. The van der Waals surface area contributed by atoms with E-state index in [1.54, 1.807) is 6.92 Å². The molecule has 13 heavy (non-hydrogen) atoms. The van der Waals surface area contributed by atoms with Crippen LogP contribution in [-0.4, -0.2) is 40.9 Å². The van der Waals surface area contributed by atoms with Crippen molar-refractivity contribution in [2.24, 2.45) is 0 Å². The van der Waals surface area contributed by atoms with Gasteiger partial charge in [-0.05, 0) is 13.8 Å². The van der Waals surface area contributed by atoms with E-state index < -0.39 is 24.1 Å². The Morgan fingerprint density at radius 2 is 2.00 bits per heavy atom. The van der Waals surface area contributed by atoms with Crippen molar-refractivity contribution in [3.63, 3.8) is 0 Å². The molecular weight excluding hydrogens is 186 g/mol. The maximum Gasteiger partial charge on any atom is 0.377 e. The molecule has 0 heterocycles. The second kappa shape index (κ2) is 3.97. The standard InChI is InChI=1S/C7H12F2O4/c1-3-13-4-6(2,12)7(8,9)5(10)11/h12H,3-4H2,1-2H3,(H,10,11). The molecule has 4 nitrogen and oxygen atoms in total. The Balaban J connectivity index is 4.50. The molecule has 0 saturated heterocycles. The van der Waals surface area contributed by atoms with Crippen molar-refractivity contribution in [2.45, 2.75) is 25.4 Å². The van der Waals surface area contributed by atoms with Crippen LogP contribution in [0.4, 0.5) is 8.78 Å². The highest BCUT2D eigenvalue weighted by atomic mass is 19.3. The van der Waals surface area contributed by atoms with Gasteiger partial charge in [-0.2, -0.15) is 8.78 Å². The van der Waals surface area contributed by atoms with Gasteiger partial charge >= 0.3 is 11.9 Å². The van der Waals surface area contributed by atoms with Crippen LogP contribution in [0.3, 0.4) is 0 Å². The van der Waals surface area contributed by atoms with E-state index in [1.165, 1.54) is 0 Å². The van der Waals surface area contributed by atoms with Crippen molar-refractivity contribution >= 4 is 5.97 Å². The zero-order valence-electron chi connectivity index (χ0n) is 7.38. The van der Waals surface area contributed by atoms with E-state index in [-0.39, 0.29) is 6.61 Å². The molecule has 6 heteroatoms. The summed E-state index contributed by atoms with van der Waals surface area (Å²) >= 11 is 0. The summed E-state index contributed by atoms with van der Waals surface area (Å²) in [6.07, 6.45) is 0. The molecule has 0 aliphatic rings. The summed E-state index contributed by atoms with van der Waals surface area (Å²) in [4.78, 5) is 10.1. The number of halogens is 2. The fourth-order valence-corrected chi connectivity index (χ4v) is 0.622. The van der Waals surface area contributed by atoms with Crippen LogP contribution in [0.5, 0.6) is 0 Å². The Morgan fingerprint density at radius 1 is 1.54 bits per heavy atom. The lowest BCUT2D eigenvalue weighted by Gasteiger charge is -2.28. The first-order valence-corrected chi connectivity index (χ1v) is 3.67. The first-order valence-electron chi connectivity index (χ1n) is 3.67. The fourth-order valence-electron chi connectivity index (χ4n) is 0.622. The molecule has 0 rings (SSSR count). The lowest BCUT2D eigenvalue weighted by atomic mass is 9.99. The van der Waals surface area contributed by atoms with E-state index in [1.807, 2.05) is 0 Å². The Kier molecular flexibility index (Phi) is 3.74. The third kappa shape index (κ3) is 2.60. The number of hydrogen-bond donors (Lipinski definition) is 2. The van der Waals surface area contributed by atoms with Gasteiger partial charge in [0.25, 0.3) is 0 Å². The van der Waals surface area contributed by atoms with Crippen LogP contribution >= 0.6 is 0 Å². The second-order valence-corrected chi connectivity index (χ2v) is 2.79. The van der Waals surface area contributed by atoms with E-state index in [0.29, 0.717) is 0 Å². The molecule has 0 bridgehead atoms. The minimum Gasteiger partial charge on any atom is -0.477 e. The van der Waals surface area contributed by atoms with Crippen molar-refractivity contribution in [1.29, 1.82) is 0 Å². The Morgan fingerprint density at radius 3 is 2.31 bits per heavy atom. The Labute approximate surface area is 74.1 Å². The smallest absolute Gasteiger partial charge is 0.377 e. The third-order valence-electron chi connectivity index (χ3n) is 1.53. The van der Waals surface area contributed by atoms with E-state index in [4.69, 9.17) is 10.2 Å². The first kappa shape index (κ1) is 12.2. The Hall–Kier alpha value is -0.750. The van der Waals surface area contributed by atoms with E-state index in [2.05, 4.69) is 4.74 Å². The van der Waals surface area contributed by atoms with Crippen LogP contribution in [0, 0.1) is 0 Å². The average molecular weight is 198 g/mol. The summed E-state index contributed by atoms with van der Waals surface area (Å²) in [6.45, 7) is 1.68. The summed E-state index contributed by atoms with van der Waals surface area (Å²) < 4.78 is 30.0. The zero-order valence-corrected chi connectivity index (χ0v) is 7.38. The van der Waals surface area contributed by atoms with Gasteiger partial charge < -0.3 is 14.9 Å². The van der Waals surface area contributed by atoms with Crippen LogP contribution in [0.1, 0.15) is 13.8 Å². The maximum absolute atomic E-state index is 12.7. The Bertz CT molecular complexity index is 191. The number of aliphatic carboxylic acids is 1. The first-order chi connectivity index (χ1) is 5.75. The number of carbonyl (C=O) groups is 1. The van der Waals surface area contributed by atoms with Gasteiger partial charge in [0.15, 0.2) is 5.60 Å². The molecule has 78 valence electrons. The minimum atomic E-state index is -4.21. The van der Waals surface area contributed by atoms with Crippen molar-refractivity contribution in [2.75, 3.05) is 13.2 Å². The minimum absolute atomic E-state index is 0.131. The van der Waals surface area contributed by atoms with Gasteiger partial charge in [0.05, 0.1) is 6.61 Å². The van der Waals surface area contributed by atoms with E-state index >= 15 is 0 Å². The molecule has 0 aromatic heterocycles. The topological polar surface area (TPSA) is 66.8 Å². The maximum atomic E-state index is 12.7. The van der Waals surface area contributed by atoms with Gasteiger partial charge in [-0.15, -0.1) is 0 Å². The van der Waals surface area contributed by atoms with E-state index in [0.717, 1.165) is 6.92 Å². The van der Waals surface area contributed by atoms with Gasteiger partial charge in [0, 0.05) is 6.61 Å². The molecule has 0 aliphatic carbocycles. The van der Waals surface area contributed by atoms with Crippen molar-refractivity contribution in [3.8, 4) is 0 Å². The zero-order chi connectivity index (χ0) is 10.7. The lowest BCUT2D eigenvalue weighted by molar-refractivity contribution is -0.215. The number of rotatable bonds is 5. The SMILES string of the molecule is CCOCC(C)(O)C(F)(F)C(=O)O. The largest absolute Gasteiger partial charge is 0.477 e. The van der Waals surface area contributed by atoms with Crippen LogP contribution in [0.25, 0.3) is 0 Å².